The number of methoxy groups -OCH3 is 1. The lowest BCUT2D eigenvalue weighted by Crippen LogP contribution is -2.40. The van der Waals surface area contributed by atoms with Gasteiger partial charge in [0.15, 0.2) is 11.5 Å². The number of esters is 1. The highest BCUT2D eigenvalue weighted by molar-refractivity contribution is 7.89. The topological polar surface area (TPSA) is 163 Å². The summed E-state index contributed by atoms with van der Waals surface area (Å²) in [6.07, 6.45) is 2.71. The van der Waals surface area contributed by atoms with Crippen molar-refractivity contribution < 1.29 is 36.8 Å². The van der Waals surface area contributed by atoms with Crippen molar-refractivity contribution in [3.63, 3.8) is 0 Å². The summed E-state index contributed by atoms with van der Waals surface area (Å²) >= 11 is 0. The number of ether oxygens (including phenoxy) is 3. The van der Waals surface area contributed by atoms with Crippen LogP contribution in [0.3, 0.4) is 0 Å². The van der Waals surface area contributed by atoms with Gasteiger partial charge >= 0.3 is 5.97 Å². The summed E-state index contributed by atoms with van der Waals surface area (Å²) in [5.41, 5.74) is 2.63. The van der Waals surface area contributed by atoms with E-state index >= 15 is 0 Å². The number of sulfonamides is 1. The molecule has 194 valence electrons. The number of morpholine rings is 1. The van der Waals surface area contributed by atoms with Crippen molar-refractivity contribution in [1.29, 1.82) is 0 Å². The number of furan rings is 1. The summed E-state index contributed by atoms with van der Waals surface area (Å²) in [5.74, 6) is -0.269. The van der Waals surface area contributed by atoms with E-state index in [1.165, 1.54) is 48.2 Å². The highest BCUT2D eigenvalue weighted by atomic mass is 32.2. The normalized spacial score (nSPS) is 14.4. The van der Waals surface area contributed by atoms with Gasteiger partial charge in [0.25, 0.3) is 5.69 Å². The van der Waals surface area contributed by atoms with Crippen LogP contribution in [0.1, 0.15) is 16.1 Å². The number of rotatable bonds is 9. The quantitative estimate of drug-likeness (QED) is 0.143. The molecule has 3 aromatic rings. The van der Waals surface area contributed by atoms with Crippen LogP contribution >= 0.6 is 0 Å². The molecule has 0 atom stereocenters. The standard InChI is InChI=1S/C23H22N4O9S/c1-33-22-13-16(4-7-20(22)36-23(28)21-3-2-10-35-21)15-24-25-18-6-5-17(14-19(18)27(29)30)37(31,32)26-8-11-34-12-9-26/h2-7,10,13-15,25H,8-9,11-12H2,1H3/b24-15-. The van der Waals surface area contributed by atoms with Crippen LogP contribution in [0.5, 0.6) is 11.5 Å². The minimum atomic E-state index is -3.91. The van der Waals surface area contributed by atoms with E-state index in [2.05, 4.69) is 10.5 Å². The summed E-state index contributed by atoms with van der Waals surface area (Å²) in [6, 6.07) is 11.2. The number of hydrogen-bond acceptors (Lipinski definition) is 11. The Balaban J connectivity index is 1.49. The molecule has 0 bridgehead atoms. The molecule has 0 amide bonds. The molecule has 1 N–H and O–H groups in total. The molecule has 0 unspecified atom stereocenters. The Hall–Kier alpha value is -4.27. The number of nitrogens with one attached hydrogen (secondary N) is 1. The van der Waals surface area contributed by atoms with Crippen LogP contribution < -0.4 is 14.9 Å². The summed E-state index contributed by atoms with van der Waals surface area (Å²) in [5, 5.41) is 15.6. The third-order valence-electron chi connectivity index (χ3n) is 5.29. The zero-order valence-corrected chi connectivity index (χ0v) is 20.3. The molecule has 0 saturated carbocycles. The van der Waals surface area contributed by atoms with E-state index in [4.69, 9.17) is 18.6 Å². The number of nitro benzene ring substituents is 1. The van der Waals surface area contributed by atoms with E-state index < -0.39 is 26.6 Å². The smallest absolute Gasteiger partial charge is 0.379 e. The van der Waals surface area contributed by atoms with Gasteiger partial charge in [-0.3, -0.25) is 15.5 Å². The van der Waals surface area contributed by atoms with Gasteiger partial charge in [0.05, 0.1) is 42.6 Å². The summed E-state index contributed by atoms with van der Waals surface area (Å²) in [7, 11) is -2.51. The van der Waals surface area contributed by atoms with E-state index in [0.29, 0.717) is 5.56 Å². The van der Waals surface area contributed by atoms with Crippen LogP contribution in [0, 0.1) is 10.1 Å². The monoisotopic (exact) mass is 530 g/mol. The molecule has 1 aliphatic heterocycles. The number of carbonyl (C=O) groups is 1. The summed E-state index contributed by atoms with van der Waals surface area (Å²) in [4.78, 5) is 22.8. The van der Waals surface area contributed by atoms with E-state index in [0.717, 1.165) is 6.07 Å². The Labute approximate surface area is 211 Å². The van der Waals surface area contributed by atoms with Crippen LogP contribution in [-0.4, -0.2) is 63.2 Å². The molecule has 1 saturated heterocycles. The largest absolute Gasteiger partial charge is 0.493 e. The van der Waals surface area contributed by atoms with Crippen LogP contribution in [0.2, 0.25) is 0 Å². The molecule has 0 aliphatic carbocycles. The van der Waals surface area contributed by atoms with Gasteiger partial charge < -0.3 is 18.6 Å². The third kappa shape index (κ3) is 5.94. The number of hydrazone groups is 1. The fourth-order valence-electron chi connectivity index (χ4n) is 3.42. The van der Waals surface area contributed by atoms with E-state index in [-0.39, 0.29) is 54.1 Å². The molecule has 1 aliphatic rings. The maximum atomic E-state index is 12.8. The first kappa shape index (κ1) is 25.8. The number of benzene rings is 2. The van der Waals surface area contributed by atoms with Crippen LogP contribution in [0.15, 0.2) is 69.2 Å². The number of hydrogen-bond donors (Lipinski definition) is 1. The highest BCUT2D eigenvalue weighted by Gasteiger charge is 2.29. The van der Waals surface area contributed by atoms with Gasteiger partial charge in [0, 0.05) is 19.2 Å². The van der Waals surface area contributed by atoms with Crippen molar-refractivity contribution in [1.82, 2.24) is 4.31 Å². The predicted molar refractivity (Wildman–Crippen MR) is 131 cm³/mol. The zero-order chi connectivity index (χ0) is 26.4. The van der Waals surface area contributed by atoms with E-state index in [9.17, 15) is 23.3 Å². The lowest BCUT2D eigenvalue weighted by molar-refractivity contribution is -0.384. The maximum Gasteiger partial charge on any atom is 0.379 e. The predicted octanol–water partition coefficient (Wildman–Crippen LogP) is 2.88. The van der Waals surface area contributed by atoms with Crippen LogP contribution in [0.4, 0.5) is 11.4 Å². The molecule has 14 heteroatoms. The number of nitrogens with zero attached hydrogens (tertiary/aromatic N) is 3. The first-order valence-corrected chi connectivity index (χ1v) is 12.3. The van der Waals surface area contributed by atoms with Gasteiger partial charge in [-0.05, 0) is 48.0 Å². The van der Waals surface area contributed by atoms with Crippen molar-refractivity contribution >= 4 is 33.6 Å². The fraction of sp³-hybridized carbons (Fsp3) is 0.217. The molecule has 1 aromatic heterocycles. The number of nitro groups is 1. The second-order valence-electron chi connectivity index (χ2n) is 7.60. The molecule has 2 aromatic carbocycles. The second kappa shape index (κ2) is 11.2. The van der Waals surface area contributed by atoms with Crippen molar-refractivity contribution in [3.05, 3.63) is 76.2 Å². The van der Waals surface area contributed by atoms with Gasteiger partial charge in [0.2, 0.25) is 15.8 Å². The molecular formula is C23H22N4O9S. The third-order valence-corrected chi connectivity index (χ3v) is 7.18. The van der Waals surface area contributed by atoms with E-state index in [1.54, 1.807) is 18.2 Å². The first-order valence-electron chi connectivity index (χ1n) is 10.9. The van der Waals surface area contributed by atoms with Gasteiger partial charge in [-0.15, -0.1) is 0 Å². The molecule has 1 fully saturated rings. The number of anilines is 1. The van der Waals surface area contributed by atoms with Crippen molar-refractivity contribution in [2.24, 2.45) is 5.10 Å². The Morgan fingerprint density at radius 3 is 2.62 bits per heavy atom. The second-order valence-corrected chi connectivity index (χ2v) is 9.54. The average Bonchev–Trinajstić information content (AvgIpc) is 3.45. The van der Waals surface area contributed by atoms with Crippen molar-refractivity contribution in [3.8, 4) is 11.5 Å². The zero-order valence-electron chi connectivity index (χ0n) is 19.5. The Kier molecular flexibility index (Phi) is 7.81. The van der Waals surface area contributed by atoms with E-state index in [1.807, 2.05) is 0 Å². The highest BCUT2D eigenvalue weighted by Crippen LogP contribution is 2.30. The lowest BCUT2D eigenvalue weighted by atomic mass is 10.2. The molecule has 13 nitrogen and oxygen atoms in total. The lowest BCUT2D eigenvalue weighted by Gasteiger charge is -2.26. The van der Waals surface area contributed by atoms with Crippen molar-refractivity contribution in [2.45, 2.75) is 4.90 Å². The van der Waals surface area contributed by atoms with Crippen LogP contribution in [0.25, 0.3) is 0 Å². The molecular weight excluding hydrogens is 508 g/mol. The molecule has 0 spiro atoms. The van der Waals surface area contributed by atoms with Gasteiger partial charge in [-0.2, -0.15) is 9.41 Å². The SMILES string of the molecule is COc1cc(/C=N\Nc2ccc(S(=O)(=O)N3CCOCC3)cc2[N+](=O)[O-])ccc1OC(=O)c1ccco1. The minimum Gasteiger partial charge on any atom is -0.493 e. The van der Waals surface area contributed by atoms with Crippen LogP contribution in [-0.2, 0) is 14.8 Å². The van der Waals surface area contributed by atoms with Crippen molar-refractivity contribution in [2.75, 3.05) is 38.8 Å². The Morgan fingerprint density at radius 2 is 1.95 bits per heavy atom. The molecule has 2 heterocycles. The number of carbonyl (C=O) groups excluding carboxylic acids is 1. The van der Waals surface area contributed by atoms with Gasteiger partial charge in [-0.25, -0.2) is 13.2 Å². The summed E-state index contributed by atoms with van der Waals surface area (Å²) < 4.78 is 47.6. The maximum absolute atomic E-state index is 12.8. The molecule has 0 radical (unpaired) electrons. The fourth-order valence-corrected chi connectivity index (χ4v) is 4.85. The first-order chi connectivity index (χ1) is 17.8. The van der Waals surface area contributed by atoms with Gasteiger partial charge in [-0.1, -0.05) is 0 Å². The summed E-state index contributed by atoms with van der Waals surface area (Å²) in [6.45, 7) is 0.858. The molecule has 4 rings (SSSR count). The van der Waals surface area contributed by atoms with Gasteiger partial charge in [0.1, 0.15) is 5.69 Å². The minimum absolute atomic E-state index is 0.00172. The molecule has 37 heavy (non-hydrogen) atoms. The Morgan fingerprint density at radius 1 is 1.16 bits per heavy atom. The Bertz CT molecular complexity index is 1420. The average molecular weight is 531 g/mol.